The molecule has 6 nitrogen and oxygen atoms in total. The van der Waals surface area contributed by atoms with Gasteiger partial charge >= 0.3 is 0 Å². The third-order valence-electron chi connectivity index (χ3n) is 11.0. The number of nitrogens with zero attached hydrogens (tertiary/aromatic N) is 4. The van der Waals surface area contributed by atoms with Gasteiger partial charge in [-0.05, 0) is 106 Å². The van der Waals surface area contributed by atoms with Crippen LogP contribution in [0.25, 0.3) is 21.3 Å². The van der Waals surface area contributed by atoms with Crippen LogP contribution in [-0.2, 0) is 10.2 Å². The Bertz CT molecular complexity index is 1680. The maximum atomic E-state index is 14.6. The van der Waals surface area contributed by atoms with Crippen molar-refractivity contribution in [1.82, 2.24) is 15.1 Å². The Labute approximate surface area is 249 Å². The molecular formula is C34H37FN4O2S. The Morgan fingerprint density at radius 2 is 1.71 bits per heavy atom. The molecule has 0 N–H and O–H groups in total. The second-order valence-corrected chi connectivity index (χ2v) is 15.4. The predicted molar refractivity (Wildman–Crippen MR) is 162 cm³/mol. The molecule has 42 heavy (non-hydrogen) atoms. The molecule has 218 valence electrons. The van der Waals surface area contributed by atoms with E-state index in [-0.39, 0.29) is 22.7 Å². The van der Waals surface area contributed by atoms with Crippen molar-refractivity contribution < 1.29 is 13.7 Å². The Morgan fingerprint density at radius 3 is 2.38 bits per heavy atom. The van der Waals surface area contributed by atoms with Gasteiger partial charge in [0, 0.05) is 23.6 Å². The summed E-state index contributed by atoms with van der Waals surface area (Å²) in [6.45, 7) is 6.90. The molecule has 6 saturated carbocycles. The van der Waals surface area contributed by atoms with Crippen molar-refractivity contribution in [3.05, 3.63) is 59.2 Å². The van der Waals surface area contributed by atoms with Crippen molar-refractivity contribution in [2.24, 2.45) is 10.8 Å². The molecular weight excluding hydrogens is 547 g/mol. The van der Waals surface area contributed by atoms with E-state index in [0.717, 1.165) is 77.6 Å². The van der Waals surface area contributed by atoms with Gasteiger partial charge in [-0.1, -0.05) is 37.2 Å². The number of thiazole rings is 1. The molecule has 1 amide bonds. The number of aryl methyl sites for hydroxylation is 1. The molecule has 0 radical (unpaired) electrons. The van der Waals surface area contributed by atoms with E-state index in [2.05, 4.69) is 66.5 Å². The molecule has 8 heteroatoms. The zero-order valence-corrected chi connectivity index (χ0v) is 25.4. The van der Waals surface area contributed by atoms with Gasteiger partial charge in [-0.3, -0.25) is 4.79 Å². The highest BCUT2D eigenvalue weighted by molar-refractivity contribution is 7.18. The second-order valence-electron chi connectivity index (χ2n) is 14.2. The highest BCUT2D eigenvalue weighted by atomic mass is 32.1. The Kier molecular flexibility index (Phi) is 5.64. The van der Waals surface area contributed by atoms with Crippen LogP contribution in [0.2, 0.25) is 0 Å². The van der Waals surface area contributed by atoms with Gasteiger partial charge in [-0.2, -0.15) is 4.98 Å². The lowest BCUT2D eigenvalue weighted by atomic mass is 9.41. The molecule has 4 bridgehead atoms. The highest BCUT2D eigenvalue weighted by Gasteiger charge is 2.73. The predicted octanol–water partition coefficient (Wildman–Crippen LogP) is 8.30. The number of anilines is 1. The maximum Gasteiger partial charge on any atom is 0.233 e. The van der Waals surface area contributed by atoms with Crippen LogP contribution in [-0.4, -0.2) is 33.2 Å². The zero-order valence-electron chi connectivity index (χ0n) is 24.6. The molecule has 2 aromatic heterocycles. The fourth-order valence-electron chi connectivity index (χ4n) is 8.37. The van der Waals surface area contributed by atoms with Crippen LogP contribution in [0.3, 0.4) is 0 Å². The summed E-state index contributed by atoms with van der Waals surface area (Å²) in [5.74, 6) is 1.94. The first-order valence-electron chi connectivity index (χ1n) is 15.4. The normalized spacial score (nSPS) is 31.3. The summed E-state index contributed by atoms with van der Waals surface area (Å²) in [4.78, 5) is 25.7. The van der Waals surface area contributed by atoms with Crippen LogP contribution < -0.4 is 4.90 Å². The summed E-state index contributed by atoms with van der Waals surface area (Å²) in [5.41, 5.74) is 2.51. The average molecular weight is 585 g/mol. The summed E-state index contributed by atoms with van der Waals surface area (Å²) < 4.78 is 21.6. The van der Waals surface area contributed by atoms with E-state index in [1.165, 1.54) is 4.70 Å². The lowest BCUT2D eigenvalue weighted by molar-refractivity contribution is -0.211. The van der Waals surface area contributed by atoms with Gasteiger partial charge in [0.25, 0.3) is 0 Å². The molecule has 6 aliphatic rings. The molecule has 2 aromatic carbocycles. The highest BCUT2D eigenvalue weighted by Crippen LogP contribution is 2.70. The third kappa shape index (κ3) is 4.00. The molecule has 4 aromatic rings. The van der Waals surface area contributed by atoms with E-state index in [9.17, 15) is 9.18 Å². The third-order valence-corrected chi connectivity index (χ3v) is 11.9. The Hall–Kier alpha value is -3.13. The standard InChI is InChI=1S/C34H37FN4O2S/c1-21(2)28-37-29(41-38-28)32-12-9-31(10-13-32,11-14-32)20-39(30(40)33-17-34(35,18-33)19-33)25-6-4-5-23(15-25)24-7-8-26-27(16-24)42-22(3)36-26/h4-8,15-16,21H,9-14,17-20H2,1-3H3. The lowest BCUT2D eigenvalue weighted by Crippen LogP contribution is -2.71. The molecule has 0 aliphatic heterocycles. The summed E-state index contributed by atoms with van der Waals surface area (Å²) in [6.07, 6.45) is 7.21. The fraction of sp³-hybridized carbons (Fsp3) is 0.529. The minimum absolute atomic E-state index is 0.0429. The molecule has 0 unspecified atom stereocenters. The second kappa shape index (κ2) is 8.94. The molecule has 0 spiro atoms. The van der Waals surface area contributed by atoms with Crippen molar-refractivity contribution in [2.45, 2.75) is 95.6 Å². The number of carbonyl (C=O) groups excluding carboxylic acids is 1. The minimum atomic E-state index is -1.11. The molecule has 6 aliphatic carbocycles. The van der Waals surface area contributed by atoms with Gasteiger partial charge in [0.1, 0.15) is 5.67 Å². The van der Waals surface area contributed by atoms with Crippen LogP contribution in [0.4, 0.5) is 10.1 Å². The van der Waals surface area contributed by atoms with Gasteiger partial charge in [0.05, 0.1) is 20.6 Å². The summed E-state index contributed by atoms with van der Waals surface area (Å²) in [6, 6.07) is 14.8. The maximum absolute atomic E-state index is 14.6. The van der Waals surface area contributed by atoms with E-state index in [1.54, 1.807) is 11.3 Å². The van der Waals surface area contributed by atoms with Gasteiger partial charge in [-0.15, -0.1) is 11.3 Å². The molecule has 2 heterocycles. The number of carbonyl (C=O) groups is 1. The van der Waals surface area contributed by atoms with E-state index >= 15 is 0 Å². The zero-order chi connectivity index (χ0) is 28.9. The number of benzene rings is 2. The van der Waals surface area contributed by atoms with Gasteiger partial charge in [-0.25, -0.2) is 9.37 Å². The van der Waals surface area contributed by atoms with Crippen LogP contribution in [0.5, 0.6) is 0 Å². The van der Waals surface area contributed by atoms with Crippen molar-refractivity contribution in [1.29, 1.82) is 0 Å². The quantitative estimate of drug-likeness (QED) is 0.219. The smallest absolute Gasteiger partial charge is 0.233 e. The number of rotatable bonds is 7. The Morgan fingerprint density at radius 1 is 1.00 bits per heavy atom. The first-order valence-corrected chi connectivity index (χ1v) is 16.2. The van der Waals surface area contributed by atoms with Gasteiger partial charge in [0.15, 0.2) is 5.82 Å². The van der Waals surface area contributed by atoms with Crippen LogP contribution in [0.1, 0.15) is 94.3 Å². The number of alkyl halides is 1. The van der Waals surface area contributed by atoms with Crippen molar-refractivity contribution in [2.75, 3.05) is 11.4 Å². The first kappa shape index (κ1) is 26.5. The van der Waals surface area contributed by atoms with Crippen molar-refractivity contribution >= 4 is 33.1 Å². The van der Waals surface area contributed by atoms with Crippen LogP contribution >= 0.6 is 11.3 Å². The molecule has 0 atom stereocenters. The van der Waals surface area contributed by atoms with Crippen molar-refractivity contribution in [3.63, 3.8) is 0 Å². The van der Waals surface area contributed by atoms with Gasteiger partial charge < -0.3 is 9.42 Å². The molecule has 0 saturated heterocycles. The number of fused-ring (bicyclic) bond motifs is 4. The van der Waals surface area contributed by atoms with Crippen LogP contribution in [0, 0.1) is 17.8 Å². The summed E-state index contributed by atoms with van der Waals surface area (Å²) in [5, 5.41) is 5.32. The topological polar surface area (TPSA) is 72.1 Å². The number of aromatic nitrogens is 3. The van der Waals surface area contributed by atoms with E-state index < -0.39 is 11.1 Å². The number of amides is 1. The van der Waals surface area contributed by atoms with E-state index in [4.69, 9.17) is 9.51 Å². The largest absolute Gasteiger partial charge is 0.339 e. The average Bonchev–Trinajstić information content (AvgIpc) is 3.61. The summed E-state index contributed by atoms with van der Waals surface area (Å²) >= 11 is 1.70. The monoisotopic (exact) mass is 584 g/mol. The summed E-state index contributed by atoms with van der Waals surface area (Å²) in [7, 11) is 0. The lowest BCUT2D eigenvalue weighted by Gasteiger charge is -2.65. The number of halogens is 1. The number of hydrogen-bond acceptors (Lipinski definition) is 6. The SMILES string of the molecule is Cc1nc2ccc(-c3cccc(N(CC45CCC(c6nc(C(C)C)no6)(CC4)CC5)C(=O)C45CC(F)(C4)C5)c3)cc2s1. The first-order chi connectivity index (χ1) is 20.1. The van der Waals surface area contributed by atoms with E-state index in [0.29, 0.717) is 25.8 Å². The molecule has 6 fully saturated rings. The van der Waals surface area contributed by atoms with E-state index in [1.807, 2.05) is 11.8 Å². The van der Waals surface area contributed by atoms with Crippen LogP contribution in [0.15, 0.2) is 47.0 Å². The fourth-order valence-corrected chi connectivity index (χ4v) is 9.24. The van der Waals surface area contributed by atoms with Crippen molar-refractivity contribution in [3.8, 4) is 11.1 Å². The molecule has 10 rings (SSSR count). The Balaban J connectivity index is 1.09. The van der Waals surface area contributed by atoms with Gasteiger partial charge in [0.2, 0.25) is 11.8 Å². The minimum Gasteiger partial charge on any atom is -0.339 e. The number of hydrogen-bond donors (Lipinski definition) is 0.